The molecule has 6 nitrogen and oxygen atoms in total. The minimum absolute atomic E-state index is 0.0585. The summed E-state index contributed by atoms with van der Waals surface area (Å²) in [6.07, 6.45) is 10.2. The largest absolute Gasteiger partial charge is 0.346 e. The Hall–Kier alpha value is -3.15. The maximum absolute atomic E-state index is 12.5. The van der Waals surface area contributed by atoms with Crippen LogP contribution in [-0.2, 0) is 11.2 Å². The second-order valence-electron chi connectivity index (χ2n) is 8.24. The van der Waals surface area contributed by atoms with Crippen molar-refractivity contribution >= 4 is 12.0 Å². The van der Waals surface area contributed by atoms with Gasteiger partial charge in [0.15, 0.2) is 0 Å². The molecule has 28 heavy (non-hydrogen) atoms. The number of H-pyrrole nitrogens is 1. The molecule has 144 valence electrons. The summed E-state index contributed by atoms with van der Waals surface area (Å²) in [7, 11) is 0. The molecule has 2 aromatic heterocycles. The summed E-state index contributed by atoms with van der Waals surface area (Å²) in [6, 6.07) is 8.31. The van der Waals surface area contributed by atoms with Gasteiger partial charge in [0.1, 0.15) is 0 Å². The molecule has 1 aromatic carbocycles. The van der Waals surface area contributed by atoms with Crippen molar-refractivity contribution < 1.29 is 4.79 Å². The SMILES string of the molecule is Cc1ccc(-n2ncc3c2CC(C)(C)C[C@@H]3NC(=O)/C=C/c2cnc[nH]2)cc1. The van der Waals surface area contributed by atoms with Crippen LogP contribution < -0.4 is 5.32 Å². The lowest BCUT2D eigenvalue weighted by Crippen LogP contribution is -2.36. The van der Waals surface area contributed by atoms with Gasteiger partial charge in [-0.1, -0.05) is 31.5 Å². The van der Waals surface area contributed by atoms with Crippen LogP contribution in [0.2, 0.25) is 0 Å². The van der Waals surface area contributed by atoms with Gasteiger partial charge < -0.3 is 10.3 Å². The molecule has 0 spiro atoms. The fourth-order valence-electron chi connectivity index (χ4n) is 3.82. The molecule has 0 aliphatic heterocycles. The lowest BCUT2D eigenvalue weighted by molar-refractivity contribution is -0.117. The summed E-state index contributed by atoms with van der Waals surface area (Å²) in [4.78, 5) is 19.4. The van der Waals surface area contributed by atoms with E-state index in [-0.39, 0.29) is 17.4 Å². The van der Waals surface area contributed by atoms with E-state index in [0.717, 1.165) is 29.8 Å². The van der Waals surface area contributed by atoms with Crippen LogP contribution in [0.25, 0.3) is 11.8 Å². The van der Waals surface area contributed by atoms with Crippen molar-refractivity contribution in [2.75, 3.05) is 0 Å². The fraction of sp³-hybridized carbons (Fsp3) is 0.318. The lowest BCUT2D eigenvalue weighted by atomic mass is 9.74. The van der Waals surface area contributed by atoms with Crippen LogP contribution in [-0.4, -0.2) is 25.7 Å². The van der Waals surface area contributed by atoms with Crippen molar-refractivity contribution in [3.8, 4) is 5.69 Å². The van der Waals surface area contributed by atoms with E-state index in [1.165, 1.54) is 11.3 Å². The molecule has 2 heterocycles. The number of fused-ring (bicyclic) bond motifs is 1. The highest BCUT2D eigenvalue weighted by molar-refractivity contribution is 5.91. The summed E-state index contributed by atoms with van der Waals surface area (Å²) in [6.45, 7) is 6.55. The molecule has 0 unspecified atom stereocenters. The Bertz CT molecular complexity index is 996. The van der Waals surface area contributed by atoms with Crippen molar-refractivity contribution in [2.45, 2.75) is 39.7 Å². The van der Waals surface area contributed by atoms with Crippen LogP contribution in [0.1, 0.15) is 48.8 Å². The number of benzene rings is 1. The number of nitrogens with one attached hydrogen (secondary N) is 2. The number of imidazole rings is 1. The first-order chi connectivity index (χ1) is 13.4. The maximum Gasteiger partial charge on any atom is 0.244 e. The van der Waals surface area contributed by atoms with Crippen LogP contribution >= 0.6 is 0 Å². The summed E-state index contributed by atoms with van der Waals surface area (Å²) in [5.74, 6) is -0.119. The Kier molecular flexibility index (Phi) is 4.63. The van der Waals surface area contributed by atoms with E-state index in [2.05, 4.69) is 65.4 Å². The molecule has 6 heteroatoms. The predicted octanol–water partition coefficient (Wildman–Crippen LogP) is 3.75. The Morgan fingerprint density at radius 2 is 2.07 bits per heavy atom. The van der Waals surface area contributed by atoms with Crippen LogP contribution in [0.3, 0.4) is 0 Å². The molecule has 0 saturated heterocycles. The number of aromatic amines is 1. The summed E-state index contributed by atoms with van der Waals surface area (Å²) in [5.41, 5.74) is 5.41. The van der Waals surface area contributed by atoms with E-state index in [0.29, 0.717) is 0 Å². The zero-order chi connectivity index (χ0) is 19.7. The van der Waals surface area contributed by atoms with Crippen LogP contribution in [0.5, 0.6) is 0 Å². The zero-order valence-corrected chi connectivity index (χ0v) is 16.4. The van der Waals surface area contributed by atoms with Gasteiger partial charge in [0.2, 0.25) is 5.91 Å². The summed E-state index contributed by atoms with van der Waals surface area (Å²) in [5, 5.41) is 7.80. The van der Waals surface area contributed by atoms with Gasteiger partial charge in [-0.05, 0) is 43.4 Å². The number of aromatic nitrogens is 4. The van der Waals surface area contributed by atoms with Crippen LogP contribution in [0.4, 0.5) is 0 Å². The van der Waals surface area contributed by atoms with Gasteiger partial charge in [0, 0.05) is 11.6 Å². The second kappa shape index (κ2) is 7.11. The van der Waals surface area contributed by atoms with Gasteiger partial charge in [-0.2, -0.15) is 5.10 Å². The van der Waals surface area contributed by atoms with Gasteiger partial charge in [0.25, 0.3) is 0 Å². The number of rotatable bonds is 4. The second-order valence-corrected chi connectivity index (χ2v) is 8.24. The van der Waals surface area contributed by atoms with Crippen molar-refractivity contribution in [1.29, 1.82) is 0 Å². The van der Waals surface area contributed by atoms with Gasteiger partial charge >= 0.3 is 0 Å². The number of carbonyl (C=O) groups is 1. The molecule has 0 radical (unpaired) electrons. The molecule has 3 aromatic rings. The molecule has 1 aliphatic carbocycles. The van der Waals surface area contributed by atoms with Gasteiger partial charge in [0.05, 0.1) is 41.8 Å². The molecular weight excluding hydrogens is 350 g/mol. The van der Waals surface area contributed by atoms with Gasteiger partial charge in [-0.3, -0.25) is 4.79 Å². The van der Waals surface area contributed by atoms with Gasteiger partial charge in [-0.25, -0.2) is 9.67 Å². The molecule has 1 aliphatic rings. The molecule has 0 fully saturated rings. The normalized spacial score (nSPS) is 18.2. The molecular formula is C22H25N5O. The highest BCUT2D eigenvalue weighted by atomic mass is 16.1. The molecule has 4 rings (SSSR count). The van der Waals surface area contributed by atoms with Crippen molar-refractivity contribution in [3.63, 3.8) is 0 Å². The van der Waals surface area contributed by atoms with E-state index in [4.69, 9.17) is 0 Å². The third-order valence-electron chi connectivity index (χ3n) is 5.21. The van der Waals surface area contributed by atoms with E-state index in [1.54, 1.807) is 24.7 Å². The standard InChI is InChI=1S/C22H25N5O/c1-15-4-7-17(8-5-15)27-20-11-22(2,3)10-19(18(20)13-25-27)26-21(28)9-6-16-12-23-14-24-16/h4-9,12-14,19H,10-11H2,1-3H3,(H,23,24)(H,26,28)/b9-6+/t19-/m0/s1. The first-order valence-corrected chi connectivity index (χ1v) is 9.52. The molecule has 1 atom stereocenters. The number of carbonyl (C=O) groups excluding carboxylic acids is 1. The average Bonchev–Trinajstić information content (AvgIpc) is 3.29. The lowest BCUT2D eigenvalue weighted by Gasteiger charge is -2.35. The third kappa shape index (κ3) is 3.76. The monoisotopic (exact) mass is 375 g/mol. The minimum Gasteiger partial charge on any atom is -0.346 e. The number of nitrogens with zero attached hydrogens (tertiary/aromatic N) is 3. The minimum atomic E-state index is -0.119. The predicted molar refractivity (Wildman–Crippen MR) is 109 cm³/mol. The van der Waals surface area contributed by atoms with E-state index < -0.39 is 0 Å². The average molecular weight is 375 g/mol. The molecule has 0 saturated carbocycles. The molecule has 1 amide bonds. The Morgan fingerprint density at radius 3 is 2.79 bits per heavy atom. The van der Waals surface area contributed by atoms with E-state index in [9.17, 15) is 4.79 Å². The third-order valence-corrected chi connectivity index (χ3v) is 5.21. The molecule has 2 N–H and O–H groups in total. The number of hydrogen-bond donors (Lipinski definition) is 2. The first-order valence-electron chi connectivity index (χ1n) is 9.52. The quantitative estimate of drug-likeness (QED) is 0.682. The van der Waals surface area contributed by atoms with Crippen molar-refractivity contribution in [2.24, 2.45) is 5.41 Å². The summed E-state index contributed by atoms with van der Waals surface area (Å²) < 4.78 is 2.01. The van der Waals surface area contributed by atoms with Gasteiger partial charge in [-0.15, -0.1) is 0 Å². The Labute approximate surface area is 164 Å². The molecule has 0 bridgehead atoms. The fourth-order valence-corrected chi connectivity index (χ4v) is 3.82. The Morgan fingerprint density at radius 1 is 1.29 bits per heavy atom. The van der Waals surface area contributed by atoms with Crippen LogP contribution in [0, 0.1) is 12.3 Å². The number of aryl methyl sites for hydroxylation is 1. The zero-order valence-electron chi connectivity index (χ0n) is 16.4. The van der Waals surface area contributed by atoms with Crippen LogP contribution in [0.15, 0.2) is 49.1 Å². The van der Waals surface area contributed by atoms with Crippen molar-refractivity contribution in [1.82, 2.24) is 25.1 Å². The first kappa shape index (κ1) is 18.2. The number of hydrogen-bond acceptors (Lipinski definition) is 3. The maximum atomic E-state index is 12.5. The van der Waals surface area contributed by atoms with Crippen molar-refractivity contribution in [3.05, 3.63) is 71.6 Å². The highest BCUT2D eigenvalue weighted by Crippen LogP contribution is 2.41. The topological polar surface area (TPSA) is 75.6 Å². The summed E-state index contributed by atoms with van der Waals surface area (Å²) >= 11 is 0. The highest BCUT2D eigenvalue weighted by Gasteiger charge is 2.35. The van der Waals surface area contributed by atoms with E-state index >= 15 is 0 Å². The van der Waals surface area contributed by atoms with E-state index in [1.807, 2.05) is 10.9 Å². The number of amides is 1. The smallest absolute Gasteiger partial charge is 0.244 e. The Balaban J connectivity index is 1.60.